The maximum Gasteiger partial charge on any atom is 0.267 e. The molecule has 0 atom stereocenters. The number of aromatic nitrogens is 1. The van der Waals surface area contributed by atoms with Gasteiger partial charge in [0.15, 0.2) is 0 Å². The van der Waals surface area contributed by atoms with Crippen LogP contribution in [0.25, 0.3) is 0 Å². The fourth-order valence-corrected chi connectivity index (χ4v) is 1.95. The lowest BCUT2D eigenvalue weighted by atomic mass is 10.3. The van der Waals surface area contributed by atoms with Crippen molar-refractivity contribution in [1.82, 2.24) is 9.88 Å². The minimum absolute atomic E-state index is 0.0951. The first-order valence-electron chi connectivity index (χ1n) is 5.58. The minimum atomic E-state index is -0.0951. The van der Waals surface area contributed by atoms with E-state index in [0.29, 0.717) is 25.1 Å². The number of halogens is 1. The average molecular weight is 298 g/mol. The van der Waals surface area contributed by atoms with Crippen molar-refractivity contribution >= 4 is 21.8 Å². The normalized spacial score (nSPS) is 10.3. The van der Waals surface area contributed by atoms with Gasteiger partial charge in [0.2, 0.25) is 0 Å². The van der Waals surface area contributed by atoms with Crippen LogP contribution in [-0.2, 0) is 0 Å². The zero-order chi connectivity index (χ0) is 12.8. The summed E-state index contributed by atoms with van der Waals surface area (Å²) >= 11 is 3.37. The zero-order valence-corrected chi connectivity index (χ0v) is 11.6. The molecule has 4 nitrogen and oxygen atoms in total. The molecule has 0 aliphatic heterocycles. The fraction of sp³-hybridized carbons (Fsp3) is 0.500. The van der Waals surface area contributed by atoms with E-state index in [1.807, 2.05) is 24.6 Å². The van der Waals surface area contributed by atoms with Crippen molar-refractivity contribution in [2.75, 3.05) is 6.54 Å². The Kier molecular flexibility index (Phi) is 5.23. The summed E-state index contributed by atoms with van der Waals surface area (Å²) in [6.07, 6.45) is 3.05. The van der Waals surface area contributed by atoms with E-state index in [1.165, 1.54) is 0 Å². The summed E-state index contributed by atoms with van der Waals surface area (Å²) in [6.45, 7) is 4.59. The van der Waals surface area contributed by atoms with E-state index < -0.39 is 0 Å². The Labute approximate surface area is 110 Å². The molecule has 0 saturated heterocycles. The van der Waals surface area contributed by atoms with Crippen molar-refractivity contribution in [3.63, 3.8) is 0 Å². The van der Waals surface area contributed by atoms with Gasteiger partial charge in [-0.15, -0.1) is 0 Å². The Hall–Kier alpha value is -1.28. The van der Waals surface area contributed by atoms with Crippen LogP contribution in [0.1, 0.15) is 43.2 Å². The van der Waals surface area contributed by atoms with Gasteiger partial charge in [-0.3, -0.25) is 4.79 Å². The third-order valence-corrected chi connectivity index (χ3v) is 2.79. The van der Waals surface area contributed by atoms with Gasteiger partial charge in [-0.05, 0) is 42.3 Å². The molecule has 0 bridgehead atoms. The van der Waals surface area contributed by atoms with Gasteiger partial charge in [0.25, 0.3) is 5.91 Å². The van der Waals surface area contributed by atoms with Crippen LogP contribution in [0.5, 0.6) is 0 Å². The predicted molar refractivity (Wildman–Crippen MR) is 69.7 cm³/mol. The first kappa shape index (κ1) is 13.8. The van der Waals surface area contributed by atoms with Gasteiger partial charge in [0, 0.05) is 29.7 Å². The molecule has 0 fully saturated rings. The van der Waals surface area contributed by atoms with Crippen LogP contribution in [0.3, 0.4) is 0 Å². The third-order valence-electron chi connectivity index (χ3n) is 2.36. The monoisotopic (exact) mass is 297 g/mol. The third kappa shape index (κ3) is 3.90. The van der Waals surface area contributed by atoms with E-state index in [4.69, 9.17) is 5.26 Å². The highest BCUT2D eigenvalue weighted by Crippen LogP contribution is 2.19. The summed E-state index contributed by atoms with van der Waals surface area (Å²) in [4.78, 5) is 11.9. The fourth-order valence-electron chi connectivity index (χ4n) is 1.51. The number of unbranched alkanes of at least 4 members (excludes halogenated alkanes) is 1. The molecule has 17 heavy (non-hydrogen) atoms. The topological polar surface area (TPSA) is 57.8 Å². The van der Waals surface area contributed by atoms with E-state index in [-0.39, 0.29) is 11.9 Å². The number of hydrogen-bond donors (Lipinski definition) is 1. The molecule has 0 aromatic carbocycles. The second kappa shape index (κ2) is 6.45. The van der Waals surface area contributed by atoms with Crippen LogP contribution in [-0.4, -0.2) is 17.0 Å². The summed E-state index contributed by atoms with van der Waals surface area (Å²) in [5.41, 5.74) is 0.642. The number of amides is 1. The van der Waals surface area contributed by atoms with E-state index in [1.54, 1.807) is 6.07 Å². The Morgan fingerprint density at radius 1 is 1.65 bits per heavy atom. The van der Waals surface area contributed by atoms with Crippen molar-refractivity contribution in [2.24, 2.45) is 0 Å². The van der Waals surface area contributed by atoms with E-state index in [9.17, 15) is 4.79 Å². The molecule has 1 aromatic heterocycles. The van der Waals surface area contributed by atoms with E-state index in [0.717, 1.165) is 4.47 Å². The maximum absolute atomic E-state index is 11.9. The van der Waals surface area contributed by atoms with Gasteiger partial charge in [-0.2, -0.15) is 5.26 Å². The van der Waals surface area contributed by atoms with E-state index >= 15 is 0 Å². The molecule has 92 valence electrons. The molecule has 1 amide bonds. The van der Waals surface area contributed by atoms with E-state index in [2.05, 4.69) is 27.3 Å². The molecule has 1 heterocycles. The number of carbonyl (C=O) groups excluding carboxylic acids is 1. The largest absolute Gasteiger partial charge is 0.351 e. The first-order valence-corrected chi connectivity index (χ1v) is 6.38. The Bertz CT molecular complexity index is 431. The quantitative estimate of drug-likeness (QED) is 0.850. The molecule has 0 aliphatic rings. The van der Waals surface area contributed by atoms with Crippen LogP contribution < -0.4 is 5.32 Å². The van der Waals surface area contributed by atoms with Crippen molar-refractivity contribution in [1.29, 1.82) is 5.26 Å². The lowest BCUT2D eigenvalue weighted by Gasteiger charge is -2.12. The molecule has 0 saturated carbocycles. The van der Waals surface area contributed by atoms with Gasteiger partial charge < -0.3 is 9.88 Å². The van der Waals surface area contributed by atoms with Gasteiger partial charge in [-0.1, -0.05) is 0 Å². The van der Waals surface area contributed by atoms with Gasteiger partial charge >= 0.3 is 0 Å². The van der Waals surface area contributed by atoms with Gasteiger partial charge in [0.1, 0.15) is 5.69 Å². The highest BCUT2D eigenvalue weighted by Gasteiger charge is 2.14. The van der Waals surface area contributed by atoms with Crippen LogP contribution in [0, 0.1) is 11.3 Å². The number of carbonyl (C=O) groups is 1. The molecule has 5 heteroatoms. The highest BCUT2D eigenvalue weighted by atomic mass is 79.9. The number of nitrogens with zero attached hydrogens (tertiary/aromatic N) is 2. The zero-order valence-electron chi connectivity index (χ0n) is 10.0. The summed E-state index contributed by atoms with van der Waals surface area (Å²) in [6, 6.07) is 4.09. The number of nitriles is 1. The van der Waals surface area contributed by atoms with Crippen LogP contribution in [0.2, 0.25) is 0 Å². The molecule has 0 radical (unpaired) electrons. The van der Waals surface area contributed by atoms with Crippen molar-refractivity contribution in [3.05, 3.63) is 22.4 Å². The highest BCUT2D eigenvalue weighted by molar-refractivity contribution is 9.10. The molecular formula is C12H16BrN3O. The lowest BCUT2D eigenvalue weighted by molar-refractivity contribution is 0.0942. The molecule has 1 aromatic rings. The molecule has 0 spiro atoms. The van der Waals surface area contributed by atoms with Crippen molar-refractivity contribution in [2.45, 2.75) is 32.7 Å². The number of rotatable bonds is 5. The Balaban J connectivity index is 2.65. The van der Waals surface area contributed by atoms with Crippen LogP contribution in [0.15, 0.2) is 16.7 Å². The van der Waals surface area contributed by atoms with Crippen molar-refractivity contribution in [3.8, 4) is 6.07 Å². The smallest absolute Gasteiger partial charge is 0.267 e. The number of hydrogen-bond acceptors (Lipinski definition) is 2. The maximum atomic E-state index is 11.9. The number of nitrogens with one attached hydrogen (secondary N) is 1. The summed E-state index contributed by atoms with van der Waals surface area (Å²) in [5, 5.41) is 11.2. The lowest BCUT2D eigenvalue weighted by Crippen LogP contribution is -2.27. The molecule has 1 N–H and O–H groups in total. The van der Waals surface area contributed by atoms with Crippen molar-refractivity contribution < 1.29 is 4.79 Å². The van der Waals surface area contributed by atoms with Crippen LogP contribution in [0.4, 0.5) is 0 Å². The average Bonchev–Trinajstić information content (AvgIpc) is 2.66. The van der Waals surface area contributed by atoms with Gasteiger partial charge in [0.05, 0.1) is 6.07 Å². The molecule has 0 unspecified atom stereocenters. The SMILES string of the molecule is CC(C)n1cc(Br)cc1C(=O)NCCCC#N. The van der Waals surface area contributed by atoms with Gasteiger partial charge in [-0.25, -0.2) is 0 Å². The van der Waals surface area contributed by atoms with Crippen LogP contribution >= 0.6 is 15.9 Å². The first-order chi connectivity index (χ1) is 8.06. The molecular weight excluding hydrogens is 282 g/mol. The Morgan fingerprint density at radius 3 is 2.94 bits per heavy atom. The Morgan fingerprint density at radius 2 is 2.35 bits per heavy atom. The summed E-state index contributed by atoms with van der Waals surface area (Å²) in [7, 11) is 0. The molecule has 0 aliphatic carbocycles. The summed E-state index contributed by atoms with van der Waals surface area (Å²) in [5.74, 6) is -0.0951. The standard InChI is InChI=1S/C12H16BrN3O/c1-9(2)16-8-10(13)7-11(16)12(17)15-6-4-3-5-14/h7-9H,3-4,6H2,1-2H3,(H,15,17). The second-order valence-electron chi connectivity index (χ2n) is 4.06. The predicted octanol–water partition coefficient (Wildman–Crippen LogP) is 2.87. The summed E-state index contributed by atoms with van der Waals surface area (Å²) < 4.78 is 2.82. The minimum Gasteiger partial charge on any atom is -0.351 e. The second-order valence-corrected chi connectivity index (χ2v) is 4.98. The molecule has 1 rings (SSSR count).